The van der Waals surface area contributed by atoms with Gasteiger partial charge in [-0.2, -0.15) is 0 Å². The van der Waals surface area contributed by atoms with E-state index in [4.69, 9.17) is 4.74 Å². The van der Waals surface area contributed by atoms with Gasteiger partial charge in [-0.3, -0.25) is 9.69 Å². The van der Waals surface area contributed by atoms with Gasteiger partial charge < -0.3 is 15.2 Å². The quantitative estimate of drug-likeness (QED) is 0.870. The van der Waals surface area contributed by atoms with Crippen molar-refractivity contribution >= 4 is 21.8 Å². The number of phenolic OH excluding ortho intramolecular Hbond substituents is 1. The van der Waals surface area contributed by atoms with Crippen molar-refractivity contribution in [3.05, 3.63) is 27.7 Å². The first-order valence-electron chi connectivity index (χ1n) is 6.65. The molecule has 0 spiro atoms. The second-order valence-electron chi connectivity index (χ2n) is 4.85. The van der Waals surface area contributed by atoms with Crippen LogP contribution < -0.4 is 5.32 Å². The fourth-order valence-electron chi connectivity index (χ4n) is 2.16. The molecular formula is C14H19BrN2O3. The predicted molar refractivity (Wildman–Crippen MR) is 80.1 cm³/mol. The lowest BCUT2D eigenvalue weighted by Gasteiger charge is -2.26. The molecule has 0 aliphatic carbocycles. The Bertz CT molecular complexity index is 488. The Kier molecular flexibility index (Phi) is 5.39. The second-order valence-corrected chi connectivity index (χ2v) is 5.71. The minimum Gasteiger partial charge on any atom is -0.506 e. The summed E-state index contributed by atoms with van der Waals surface area (Å²) in [6.07, 6.45) is 0. The molecule has 1 aromatic rings. The van der Waals surface area contributed by atoms with Crippen LogP contribution in [0.3, 0.4) is 0 Å². The van der Waals surface area contributed by atoms with Gasteiger partial charge in [0.05, 0.1) is 23.2 Å². The predicted octanol–water partition coefficient (Wildman–Crippen LogP) is 1.53. The van der Waals surface area contributed by atoms with Crippen LogP contribution in [0.1, 0.15) is 15.9 Å². The minimum atomic E-state index is -0.250. The summed E-state index contributed by atoms with van der Waals surface area (Å²) in [7, 11) is 0. The molecular weight excluding hydrogens is 324 g/mol. The summed E-state index contributed by atoms with van der Waals surface area (Å²) in [4.78, 5) is 14.3. The van der Waals surface area contributed by atoms with Crippen molar-refractivity contribution in [3.8, 4) is 5.75 Å². The molecule has 0 radical (unpaired) electrons. The zero-order chi connectivity index (χ0) is 14.5. The van der Waals surface area contributed by atoms with Gasteiger partial charge in [0.25, 0.3) is 5.91 Å². The van der Waals surface area contributed by atoms with Gasteiger partial charge in [0, 0.05) is 26.2 Å². The van der Waals surface area contributed by atoms with Crippen LogP contribution in [0.25, 0.3) is 0 Å². The fraction of sp³-hybridized carbons (Fsp3) is 0.500. The number of aromatic hydroxyl groups is 1. The van der Waals surface area contributed by atoms with E-state index in [1.54, 1.807) is 12.1 Å². The van der Waals surface area contributed by atoms with Gasteiger partial charge in [-0.1, -0.05) is 0 Å². The van der Waals surface area contributed by atoms with Crippen molar-refractivity contribution in [2.75, 3.05) is 39.4 Å². The smallest absolute Gasteiger partial charge is 0.255 e. The Labute approximate surface area is 127 Å². The molecule has 1 saturated heterocycles. The number of phenols is 1. The lowest BCUT2D eigenvalue weighted by molar-refractivity contribution is 0.0383. The normalized spacial score (nSPS) is 16.1. The number of ether oxygens (including phenoxy) is 1. The number of morpholine rings is 1. The molecule has 1 amide bonds. The molecule has 0 atom stereocenters. The van der Waals surface area contributed by atoms with Crippen LogP contribution in [0.5, 0.6) is 5.75 Å². The standard InChI is InChI=1S/C14H19BrN2O3/c1-10-8-11(13(18)12(15)9-10)14(19)16-2-3-17-4-6-20-7-5-17/h8-9,18H,2-7H2,1H3,(H,16,19). The van der Waals surface area contributed by atoms with Gasteiger partial charge in [-0.25, -0.2) is 0 Å². The van der Waals surface area contributed by atoms with Gasteiger partial charge in [0.15, 0.2) is 0 Å². The molecule has 5 nitrogen and oxygen atoms in total. The van der Waals surface area contributed by atoms with Gasteiger partial charge in [0.2, 0.25) is 0 Å². The maximum Gasteiger partial charge on any atom is 0.255 e. The molecule has 1 aliphatic heterocycles. The molecule has 2 N–H and O–H groups in total. The second kappa shape index (κ2) is 7.06. The molecule has 2 rings (SSSR count). The lowest BCUT2D eigenvalue weighted by atomic mass is 10.1. The molecule has 110 valence electrons. The first-order valence-corrected chi connectivity index (χ1v) is 7.44. The Balaban J connectivity index is 1.88. The monoisotopic (exact) mass is 342 g/mol. The molecule has 20 heavy (non-hydrogen) atoms. The van der Waals surface area contributed by atoms with Crippen LogP contribution in [0, 0.1) is 6.92 Å². The average Bonchev–Trinajstić information content (AvgIpc) is 2.44. The summed E-state index contributed by atoms with van der Waals surface area (Å²) in [5, 5.41) is 12.7. The highest BCUT2D eigenvalue weighted by Gasteiger charge is 2.15. The summed E-state index contributed by atoms with van der Waals surface area (Å²) >= 11 is 3.24. The SMILES string of the molecule is Cc1cc(Br)c(O)c(C(=O)NCCN2CCOCC2)c1. The summed E-state index contributed by atoms with van der Waals surface area (Å²) in [5.74, 6) is -0.264. The number of hydrogen-bond acceptors (Lipinski definition) is 4. The summed E-state index contributed by atoms with van der Waals surface area (Å²) < 4.78 is 5.81. The number of carbonyl (C=O) groups is 1. The highest BCUT2D eigenvalue weighted by Crippen LogP contribution is 2.29. The Morgan fingerprint density at radius 1 is 1.45 bits per heavy atom. The molecule has 0 aromatic heterocycles. The van der Waals surface area contributed by atoms with E-state index in [1.807, 2.05) is 6.92 Å². The van der Waals surface area contributed by atoms with Crippen molar-refractivity contribution in [3.63, 3.8) is 0 Å². The molecule has 1 heterocycles. The van der Waals surface area contributed by atoms with E-state index in [1.165, 1.54) is 0 Å². The molecule has 0 bridgehead atoms. The number of nitrogens with one attached hydrogen (secondary N) is 1. The molecule has 1 aromatic carbocycles. The summed E-state index contributed by atoms with van der Waals surface area (Å²) in [5.41, 5.74) is 1.23. The van der Waals surface area contributed by atoms with E-state index in [2.05, 4.69) is 26.1 Å². The maximum atomic E-state index is 12.1. The van der Waals surface area contributed by atoms with Crippen molar-refractivity contribution < 1.29 is 14.6 Å². The number of amides is 1. The number of aryl methyl sites for hydroxylation is 1. The largest absolute Gasteiger partial charge is 0.506 e. The number of hydrogen-bond donors (Lipinski definition) is 2. The van der Waals surface area contributed by atoms with Gasteiger partial charge in [0.1, 0.15) is 5.75 Å². The van der Waals surface area contributed by atoms with Gasteiger partial charge in [-0.05, 0) is 40.5 Å². The van der Waals surface area contributed by atoms with E-state index in [0.717, 1.165) is 38.4 Å². The zero-order valence-electron chi connectivity index (χ0n) is 11.5. The van der Waals surface area contributed by atoms with Crippen LogP contribution in [-0.2, 0) is 4.74 Å². The third-order valence-corrected chi connectivity index (χ3v) is 3.87. The Morgan fingerprint density at radius 2 is 2.15 bits per heavy atom. The van der Waals surface area contributed by atoms with E-state index < -0.39 is 0 Å². The van der Waals surface area contributed by atoms with E-state index in [-0.39, 0.29) is 11.7 Å². The topological polar surface area (TPSA) is 61.8 Å². The van der Waals surface area contributed by atoms with Gasteiger partial charge in [-0.15, -0.1) is 0 Å². The van der Waals surface area contributed by atoms with Crippen molar-refractivity contribution in [2.24, 2.45) is 0 Å². The van der Waals surface area contributed by atoms with E-state index in [9.17, 15) is 9.90 Å². The van der Waals surface area contributed by atoms with E-state index >= 15 is 0 Å². The molecule has 0 unspecified atom stereocenters. The molecule has 0 saturated carbocycles. The maximum absolute atomic E-state index is 12.1. The highest BCUT2D eigenvalue weighted by atomic mass is 79.9. The van der Waals surface area contributed by atoms with E-state index in [0.29, 0.717) is 16.6 Å². The highest BCUT2D eigenvalue weighted by molar-refractivity contribution is 9.10. The third-order valence-electron chi connectivity index (χ3n) is 3.27. The van der Waals surface area contributed by atoms with Crippen molar-refractivity contribution in [2.45, 2.75) is 6.92 Å². The number of carbonyl (C=O) groups excluding carboxylic acids is 1. The molecule has 6 heteroatoms. The summed E-state index contributed by atoms with van der Waals surface area (Å²) in [6, 6.07) is 3.46. The van der Waals surface area contributed by atoms with Crippen molar-refractivity contribution in [1.29, 1.82) is 0 Å². The van der Waals surface area contributed by atoms with Crippen LogP contribution in [0.2, 0.25) is 0 Å². The minimum absolute atomic E-state index is 0.0144. The number of benzene rings is 1. The third kappa shape index (κ3) is 3.94. The zero-order valence-corrected chi connectivity index (χ0v) is 13.1. The average molecular weight is 343 g/mol. The van der Waals surface area contributed by atoms with Crippen LogP contribution >= 0.6 is 15.9 Å². The lowest BCUT2D eigenvalue weighted by Crippen LogP contribution is -2.41. The number of nitrogens with zero attached hydrogens (tertiary/aromatic N) is 1. The number of halogens is 1. The summed E-state index contributed by atoms with van der Waals surface area (Å²) in [6.45, 7) is 6.54. The molecule has 1 fully saturated rings. The first kappa shape index (κ1) is 15.3. The van der Waals surface area contributed by atoms with Crippen molar-refractivity contribution in [1.82, 2.24) is 10.2 Å². The number of rotatable bonds is 4. The molecule has 1 aliphatic rings. The van der Waals surface area contributed by atoms with Crippen LogP contribution in [-0.4, -0.2) is 55.3 Å². The Morgan fingerprint density at radius 3 is 2.85 bits per heavy atom. The van der Waals surface area contributed by atoms with Crippen LogP contribution in [0.4, 0.5) is 0 Å². The Hall–Kier alpha value is -1.11. The fourth-order valence-corrected chi connectivity index (χ4v) is 2.73. The van der Waals surface area contributed by atoms with Gasteiger partial charge >= 0.3 is 0 Å². The van der Waals surface area contributed by atoms with Crippen LogP contribution in [0.15, 0.2) is 16.6 Å². The first-order chi connectivity index (χ1) is 9.58.